The third kappa shape index (κ3) is 4.83. The highest BCUT2D eigenvalue weighted by Gasteiger charge is 2.20. The van der Waals surface area contributed by atoms with Crippen molar-refractivity contribution in [2.24, 2.45) is 0 Å². The Balaban J connectivity index is 1.86. The first-order valence-electron chi connectivity index (χ1n) is 7.77. The Morgan fingerprint density at radius 3 is 2.83 bits per heavy atom. The van der Waals surface area contributed by atoms with E-state index in [1.54, 1.807) is 12.1 Å². The Hall–Kier alpha value is -2.34. The quantitative estimate of drug-likeness (QED) is 0.753. The number of nitrogens with zero attached hydrogens (tertiary/aromatic N) is 1. The molecule has 2 aromatic rings. The molecule has 2 N–H and O–H groups in total. The van der Waals surface area contributed by atoms with Crippen LogP contribution >= 0.6 is 11.6 Å². The molecule has 0 fully saturated rings. The summed E-state index contributed by atoms with van der Waals surface area (Å²) in [5.74, 6) is -1.03. The van der Waals surface area contributed by atoms with Crippen molar-refractivity contribution in [1.29, 1.82) is 0 Å². The molecule has 0 saturated heterocycles. The monoisotopic (exact) mass is 349 g/mol. The van der Waals surface area contributed by atoms with Gasteiger partial charge < -0.3 is 10.1 Å². The summed E-state index contributed by atoms with van der Waals surface area (Å²) in [6.07, 6.45) is 0.817. The van der Waals surface area contributed by atoms with E-state index in [1.165, 1.54) is 6.92 Å². The number of aromatic nitrogens is 2. The van der Waals surface area contributed by atoms with E-state index in [1.807, 2.05) is 25.1 Å². The van der Waals surface area contributed by atoms with Crippen molar-refractivity contribution in [1.82, 2.24) is 15.5 Å². The number of esters is 1. The molecule has 0 spiro atoms. The van der Waals surface area contributed by atoms with Crippen LogP contribution in [-0.2, 0) is 22.5 Å². The Morgan fingerprint density at radius 1 is 1.38 bits per heavy atom. The summed E-state index contributed by atoms with van der Waals surface area (Å²) in [7, 11) is 0. The number of benzene rings is 1. The van der Waals surface area contributed by atoms with E-state index in [0.29, 0.717) is 5.02 Å². The van der Waals surface area contributed by atoms with Gasteiger partial charge in [0, 0.05) is 17.3 Å². The number of halogens is 1. The fourth-order valence-corrected chi connectivity index (χ4v) is 2.31. The van der Waals surface area contributed by atoms with Crippen molar-refractivity contribution >= 4 is 23.5 Å². The number of hydrogen-bond acceptors (Lipinski definition) is 4. The van der Waals surface area contributed by atoms with Gasteiger partial charge in [0.15, 0.2) is 11.8 Å². The van der Waals surface area contributed by atoms with Gasteiger partial charge in [-0.25, -0.2) is 4.79 Å². The molecule has 1 unspecified atom stereocenters. The maximum Gasteiger partial charge on any atom is 0.359 e. The predicted molar refractivity (Wildman–Crippen MR) is 90.8 cm³/mol. The average Bonchev–Trinajstić information content (AvgIpc) is 3.03. The molecular weight excluding hydrogens is 330 g/mol. The number of aromatic amines is 1. The fourth-order valence-electron chi connectivity index (χ4n) is 2.11. The molecule has 1 atom stereocenters. The van der Waals surface area contributed by atoms with Gasteiger partial charge in [0.1, 0.15) is 0 Å². The first kappa shape index (κ1) is 18.0. The molecule has 0 radical (unpaired) electrons. The van der Waals surface area contributed by atoms with Crippen molar-refractivity contribution in [2.45, 2.75) is 39.3 Å². The van der Waals surface area contributed by atoms with E-state index in [2.05, 4.69) is 15.5 Å². The zero-order valence-electron chi connectivity index (χ0n) is 13.6. The van der Waals surface area contributed by atoms with Crippen molar-refractivity contribution in [3.8, 4) is 0 Å². The lowest BCUT2D eigenvalue weighted by Gasteiger charge is -2.13. The number of hydrogen-bond donors (Lipinski definition) is 2. The minimum absolute atomic E-state index is 0.171. The standard InChI is InChI=1S/C17H20ClN3O3/c1-3-6-13-9-15(21-20-13)17(23)24-11(2)16(22)19-10-12-7-4-5-8-14(12)18/h4-5,7-9,11H,3,6,10H2,1-2H3,(H,19,22)(H,20,21). The Kier molecular flexibility index (Phi) is 6.37. The van der Waals surface area contributed by atoms with Gasteiger partial charge in [-0.3, -0.25) is 9.89 Å². The Bertz CT molecular complexity index is 715. The fraction of sp³-hybridized carbons (Fsp3) is 0.353. The SMILES string of the molecule is CCCc1cc(C(=O)OC(C)C(=O)NCc2ccccc2Cl)n[nH]1. The predicted octanol–water partition coefficient (Wildman–Crippen LogP) is 2.88. The summed E-state index contributed by atoms with van der Waals surface area (Å²) in [4.78, 5) is 24.0. The van der Waals surface area contributed by atoms with E-state index in [4.69, 9.17) is 16.3 Å². The highest BCUT2D eigenvalue weighted by atomic mass is 35.5. The smallest absolute Gasteiger partial charge is 0.359 e. The van der Waals surface area contributed by atoms with Gasteiger partial charge in [-0.15, -0.1) is 0 Å². The van der Waals surface area contributed by atoms with E-state index in [0.717, 1.165) is 24.1 Å². The van der Waals surface area contributed by atoms with Crippen molar-refractivity contribution in [3.63, 3.8) is 0 Å². The van der Waals surface area contributed by atoms with Gasteiger partial charge in [-0.2, -0.15) is 5.10 Å². The molecule has 24 heavy (non-hydrogen) atoms. The van der Waals surface area contributed by atoms with Crippen LogP contribution in [0.1, 0.15) is 42.0 Å². The van der Waals surface area contributed by atoms with Crippen LogP contribution in [0.5, 0.6) is 0 Å². The number of carbonyl (C=O) groups excluding carboxylic acids is 2. The van der Waals surface area contributed by atoms with Gasteiger partial charge in [-0.1, -0.05) is 43.1 Å². The molecule has 0 aliphatic rings. The minimum Gasteiger partial charge on any atom is -0.448 e. The summed E-state index contributed by atoms with van der Waals surface area (Å²) in [5, 5.41) is 9.95. The van der Waals surface area contributed by atoms with Crippen LogP contribution in [0.3, 0.4) is 0 Å². The molecule has 0 aliphatic heterocycles. The van der Waals surface area contributed by atoms with Gasteiger partial charge in [0.25, 0.3) is 5.91 Å². The zero-order valence-corrected chi connectivity index (χ0v) is 14.4. The molecule has 6 nitrogen and oxygen atoms in total. The van der Waals surface area contributed by atoms with Crippen molar-refractivity contribution in [2.75, 3.05) is 0 Å². The van der Waals surface area contributed by atoms with Crippen molar-refractivity contribution < 1.29 is 14.3 Å². The van der Waals surface area contributed by atoms with Gasteiger partial charge >= 0.3 is 5.97 Å². The molecule has 1 heterocycles. The largest absolute Gasteiger partial charge is 0.448 e. The molecule has 0 bridgehead atoms. The zero-order chi connectivity index (χ0) is 17.5. The lowest BCUT2D eigenvalue weighted by Crippen LogP contribution is -2.35. The molecule has 1 aromatic carbocycles. The number of ether oxygens (including phenoxy) is 1. The van der Waals surface area contributed by atoms with Gasteiger partial charge in [0.2, 0.25) is 0 Å². The van der Waals surface area contributed by atoms with E-state index in [-0.39, 0.29) is 12.2 Å². The molecule has 2 rings (SSSR count). The van der Waals surface area contributed by atoms with Gasteiger partial charge in [-0.05, 0) is 31.0 Å². The normalized spacial score (nSPS) is 11.8. The first-order valence-corrected chi connectivity index (χ1v) is 8.15. The summed E-state index contributed by atoms with van der Waals surface area (Å²) in [6.45, 7) is 3.81. The van der Waals surface area contributed by atoms with Crippen LogP contribution in [0.15, 0.2) is 30.3 Å². The molecule has 1 amide bonds. The second kappa shape index (κ2) is 8.49. The molecule has 1 aromatic heterocycles. The van der Waals surface area contributed by atoms with E-state index in [9.17, 15) is 9.59 Å². The Morgan fingerprint density at radius 2 is 2.12 bits per heavy atom. The number of H-pyrrole nitrogens is 1. The van der Waals surface area contributed by atoms with Crippen LogP contribution in [0.4, 0.5) is 0 Å². The van der Waals surface area contributed by atoms with E-state index < -0.39 is 18.0 Å². The second-order valence-electron chi connectivity index (χ2n) is 5.39. The van der Waals surface area contributed by atoms with Crippen LogP contribution in [0.25, 0.3) is 0 Å². The topological polar surface area (TPSA) is 84.1 Å². The molecule has 0 aliphatic carbocycles. The number of nitrogens with one attached hydrogen (secondary N) is 2. The van der Waals surface area contributed by atoms with Crippen LogP contribution in [-0.4, -0.2) is 28.2 Å². The number of amides is 1. The summed E-state index contributed by atoms with van der Waals surface area (Å²) in [5.41, 5.74) is 1.83. The third-order valence-electron chi connectivity index (χ3n) is 3.42. The van der Waals surface area contributed by atoms with E-state index >= 15 is 0 Å². The summed E-state index contributed by atoms with van der Waals surface area (Å²) >= 11 is 6.03. The second-order valence-corrected chi connectivity index (χ2v) is 5.79. The summed E-state index contributed by atoms with van der Waals surface area (Å²) < 4.78 is 5.14. The maximum absolute atomic E-state index is 12.0. The lowest BCUT2D eigenvalue weighted by atomic mass is 10.2. The first-order chi connectivity index (χ1) is 11.5. The number of carbonyl (C=O) groups is 2. The molecular formula is C17H20ClN3O3. The minimum atomic E-state index is -0.925. The molecule has 7 heteroatoms. The number of aryl methyl sites for hydroxylation is 1. The van der Waals surface area contributed by atoms with Gasteiger partial charge in [0.05, 0.1) is 0 Å². The highest BCUT2D eigenvalue weighted by Crippen LogP contribution is 2.14. The van der Waals surface area contributed by atoms with Crippen LogP contribution in [0, 0.1) is 0 Å². The lowest BCUT2D eigenvalue weighted by molar-refractivity contribution is -0.129. The van der Waals surface area contributed by atoms with Crippen LogP contribution < -0.4 is 5.32 Å². The third-order valence-corrected chi connectivity index (χ3v) is 3.79. The Labute approximate surface area is 145 Å². The highest BCUT2D eigenvalue weighted by molar-refractivity contribution is 6.31. The molecule has 128 valence electrons. The maximum atomic E-state index is 12.0. The van der Waals surface area contributed by atoms with Crippen LogP contribution in [0.2, 0.25) is 5.02 Å². The van der Waals surface area contributed by atoms with Crippen molar-refractivity contribution in [3.05, 3.63) is 52.3 Å². The molecule has 0 saturated carbocycles. The number of rotatable bonds is 7. The average molecular weight is 350 g/mol. The summed E-state index contributed by atoms with van der Waals surface area (Å²) in [6, 6.07) is 8.85.